The van der Waals surface area contributed by atoms with Gasteiger partial charge in [-0.05, 0) is 36.4 Å². The van der Waals surface area contributed by atoms with E-state index in [9.17, 15) is 0 Å². The van der Waals surface area contributed by atoms with Crippen molar-refractivity contribution in [3.05, 3.63) is 46.4 Å². The molecule has 90 valence electrons. The molecular formula is C13H8Cl2N2O. The third-order valence-corrected chi connectivity index (χ3v) is 3.12. The number of oxazole rings is 1. The van der Waals surface area contributed by atoms with Crippen LogP contribution in [0.4, 0.5) is 5.69 Å². The fourth-order valence-electron chi connectivity index (χ4n) is 1.72. The molecule has 0 aliphatic heterocycles. The van der Waals surface area contributed by atoms with E-state index < -0.39 is 0 Å². The summed E-state index contributed by atoms with van der Waals surface area (Å²) in [6.07, 6.45) is 0. The Morgan fingerprint density at radius 1 is 1.06 bits per heavy atom. The minimum atomic E-state index is 0.456. The number of nitrogens with zero attached hydrogens (tertiary/aromatic N) is 1. The van der Waals surface area contributed by atoms with Crippen LogP contribution in [0.5, 0.6) is 0 Å². The van der Waals surface area contributed by atoms with Gasteiger partial charge in [0.15, 0.2) is 5.58 Å². The summed E-state index contributed by atoms with van der Waals surface area (Å²) in [5.74, 6) is 0.456. The number of anilines is 1. The first-order chi connectivity index (χ1) is 8.63. The van der Waals surface area contributed by atoms with Crippen LogP contribution in [-0.4, -0.2) is 4.98 Å². The molecule has 3 aromatic rings. The van der Waals surface area contributed by atoms with E-state index in [-0.39, 0.29) is 0 Å². The van der Waals surface area contributed by atoms with E-state index in [4.69, 9.17) is 33.4 Å². The maximum atomic E-state index is 6.12. The molecule has 1 heterocycles. The van der Waals surface area contributed by atoms with E-state index in [2.05, 4.69) is 4.98 Å². The van der Waals surface area contributed by atoms with Crippen molar-refractivity contribution in [2.45, 2.75) is 0 Å². The summed E-state index contributed by atoms with van der Waals surface area (Å²) in [6, 6.07) is 10.5. The van der Waals surface area contributed by atoms with Crippen LogP contribution in [-0.2, 0) is 0 Å². The zero-order valence-corrected chi connectivity index (χ0v) is 10.7. The highest BCUT2D eigenvalue weighted by molar-refractivity contribution is 6.33. The summed E-state index contributed by atoms with van der Waals surface area (Å²) in [6.45, 7) is 0. The summed E-state index contributed by atoms with van der Waals surface area (Å²) >= 11 is 12.0. The first-order valence-corrected chi connectivity index (χ1v) is 6.00. The monoisotopic (exact) mass is 278 g/mol. The molecule has 3 rings (SSSR count). The number of aromatic nitrogens is 1. The van der Waals surface area contributed by atoms with Crippen molar-refractivity contribution in [2.24, 2.45) is 0 Å². The second-order valence-corrected chi connectivity index (χ2v) is 4.71. The number of benzene rings is 2. The maximum absolute atomic E-state index is 6.12. The Kier molecular flexibility index (Phi) is 2.65. The van der Waals surface area contributed by atoms with Crippen LogP contribution in [0, 0.1) is 0 Å². The van der Waals surface area contributed by atoms with Gasteiger partial charge < -0.3 is 10.2 Å². The quantitative estimate of drug-likeness (QED) is 0.672. The standard InChI is InChI=1S/C13H8Cl2N2O/c14-7-1-4-12-11(5-7)17-13(18-12)9-3-2-8(16)6-10(9)15/h1-6H,16H2. The molecule has 0 atom stereocenters. The van der Waals surface area contributed by atoms with Crippen molar-refractivity contribution >= 4 is 40.0 Å². The number of nitrogens with two attached hydrogens (primary N) is 1. The average Bonchev–Trinajstić information content (AvgIpc) is 2.71. The largest absolute Gasteiger partial charge is 0.436 e. The van der Waals surface area contributed by atoms with E-state index in [1.165, 1.54) is 0 Å². The average molecular weight is 279 g/mol. The van der Waals surface area contributed by atoms with E-state index in [0.717, 1.165) is 0 Å². The number of fused-ring (bicyclic) bond motifs is 1. The van der Waals surface area contributed by atoms with Crippen molar-refractivity contribution in [1.82, 2.24) is 4.98 Å². The number of hydrogen-bond acceptors (Lipinski definition) is 3. The molecule has 0 aliphatic rings. The van der Waals surface area contributed by atoms with Gasteiger partial charge >= 0.3 is 0 Å². The Labute approximate surface area is 113 Å². The second kappa shape index (κ2) is 4.19. The van der Waals surface area contributed by atoms with Gasteiger partial charge in [0.2, 0.25) is 5.89 Å². The normalized spacial score (nSPS) is 11.0. The summed E-state index contributed by atoms with van der Waals surface area (Å²) in [5, 5.41) is 1.12. The van der Waals surface area contributed by atoms with Crippen LogP contribution in [0.25, 0.3) is 22.6 Å². The summed E-state index contributed by atoms with van der Waals surface area (Å²) in [7, 11) is 0. The van der Waals surface area contributed by atoms with Crippen LogP contribution < -0.4 is 5.73 Å². The van der Waals surface area contributed by atoms with Gasteiger partial charge in [0, 0.05) is 10.7 Å². The third kappa shape index (κ3) is 1.92. The molecular weight excluding hydrogens is 271 g/mol. The smallest absolute Gasteiger partial charge is 0.228 e. The Balaban J connectivity index is 2.19. The lowest BCUT2D eigenvalue weighted by Crippen LogP contribution is -1.85. The highest BCUT2D eigenvalue weighted by Gasteiger charge is 2.11. The number of nitrogen functional groups attached to an aromatic ring is 1. The van der Waals surface area contributed by atoms with Crippen molar-refractivity contribution in [2.75, 3.05) is 5.73 Å². The van der Waals surface area contributed by atoms with Crippen LogP contribution in [0.15, 0.2) is 40.8 Å². The van der Waals surface area contributed by atoms with Crippen molar-refractivity contribution in [3.8, 4) is 11.5 Å². The number of hydrogen-bond donors (Lipinski definition) is 1. The van der Waals surface area contributed by atoms with Crippen LogP contribution in [0.2, 0.25) is 10.0 Å². The predicted octanol–water partition coefficient (Wildman–Crippen LogP) is 4.38. The molecule has 3 nitrogen and oxygen atoms in total. The lowest BCUT2D eigenvalue weighted by atomic mass is 10.2. The van der Waals surface area contributed by atoms with Crippen LogP contribution in [0.3, 0.4) is 0 Å². The number of rotatable bonds is 1. The Bertz CT molecular complexity index is 737. The lowest BCUT2D eigenvalue weighted by molar-refractivity contribution is 0.620. The molecule has 0 radical (unpaired) electrons. The first-order valence-electron chi connectivity index (χ1n) is 5.25. The zero-order valence-electron chi connectivity index (χ0n) is 9.15. The van der Waals surface area contributed by atoms with Gasteiger partial charge in [-0.2, -0.15) is 0 Å². The molecule has 0 spiro atoms. The van der Waals surface area contributed by atoms with Gasteiger partial charge in [0.1, 0.15) is 5.52 Å². The lowest BCUT2D eigenvalue weighted by Gasteiger charge is -1.99. The summed E-state index contributed by atoms with van der Waals surface area (Å²) in [5.41, 5.74) is 8.32. The fraction of sp³-hybridized carbons (Fsp3) is 0. The molecule has 2 N–H and O–H groups in total. The van der Waals surface area contributed by atoms with Crippen LogP contribution in [0.1, 0.15) is 0 Å². The molecule has 18 heavy (non-hydrogen) atoms. The van der Waals surface area contributed by atoms with Gasteiger partial charge in [0.25, 0.3) is 0 Å². The molecule has 2 aromatic carbocycles. The van der Waals surface area contributed by atoms with Gasteiger partial charge in [-0.15, -0.1) is 0 Å². The van der Waals surface area contributed by atoms with Crippen molar-refractivity contribution in [3.63, 3.8) is 0 Å². The van der Waals surface area contributed by atoms with E-state index in [1.54, 1.807) is 36.4 Å². The Morgan fingerprint density at radius 2 is 1.89 bits per heavy atom. The van der Waals surface area contributed by atoms with Gasteiger partial charge in [-0.3, -0.25) is 0 Å². The number of halogens is 2. The molecule has 0 saturated carbocycles. The van der Waals surface area contributed by atoms with Gasteiger partial charge in [-0.25, -0.2) is 4.98 Å². The molecule has 0 fully saturated rings. The topological polar surface area (TPSA) is 52.0 Å². The molecule has 5 heteroatoms. The minimum absolute atomic E-state index is 0.456. The predicted molar refractivity (Wildman–Crippen MR) is 73.9 cm³/mol. The third-order valence-electron chi connectivity index (χ3n) is 2.57. The van der Waals surface area contributed by atoms with E-state index in [0.29, 0.717) is 38.3 Å². The van der Waals surface area contributed by atoms with Crippen molar-refractivity contribution in [1.29, 1.82) is 0 Å². The zero-order chi connectivity index (χ0) is 12.7. The molecule has 1 aromatic heterocycles. The first kappa shape index (κ1) is 11.4. The molecule has 0 aliphatic carbocycles. The minimum Gasteiger partial charge on any atom is -0.436 e. The van der Waals surface area contributed by atoms with E-state index >= 15 is 0 Å². The second-order valence-electron chi connectivity index (χ2n) is 3.87. The van der Waals surface area contributed by atoms with Gasteiger partial charge in [0.05, 0.1) is 10.6 Å². The maximum Gasteiger partial charge on any atom is 0.228 e. The Hall–Kier alpha value is -1.71. The van der Waals surface area contributed by atoms with Crippen molar-refractivity contribution < 1.29 is 4.42 Å². The summed E-state index contributed by atoms with van der Waals surface area (Å²) in [4.78, 5) is 4.36. The SMILES string of the molecule is Nc1ccc(-c2nc3cc(Cl)ccc3o2)c(Cl)c1. The summed E-state index contributed by atoms with van der Waals surface area (Å²) < 4.78 is 5.63. The fourth-order valence-corrected chi connectivity index (χ4v) is 2.16. The highest BCUT2D eigenvalue weighted by atomic mass is 35.5. The molecule has 0 amide bonds. The van der Waals surface area contributed by atoms with Crippen LogP contribution >= 0.6 is 23.2 Å². The Morgan fingerprint density at radius 3 is 2.67 bits per heavy atom. The molecule has 0 unspecified atom stereocenters. The van der Waals surface area contributed by atoms with E-state index in [1.807, 2.05) is 0 Å². The molecule has 0 saturated heterocycles. The van der Waals surface area contributed by atoms with Gasteiger partial charge in [-0.1, -0.05) is 23.2 Å². The molecule has 0 bridgehead atoms. The highest BCUT2D eigenvalue weighted by Crippen LogP contribution is 2.31.